The predicted octanol–water partition coefficient (Wildman–Crippen LogP) is -1.86. The Kier molecular flexibility index (Phi) is 41.2. The molecule has 0 rings (SSSR count). The van der Waals surface area contributed by atoms with Crippen LogP contribution in [0.5, 0.6) is 0 Å². The van der Waals surface area contributed by atoms with Crippen molar-refractivity contribution in [3.8, 4) is 0 Å². The van der Waals surface area contributed by atoms with Gasteiger partial charge in [0, 0.05) is 72.2 Å². The largest absolute Gasteiger partial charge is 0.329 e. The smallest absolute Gasteiger partial charge is 0.00461 e. The molecule has 2 nitrogen and oxygen atoms in total. The quantitative estimate of drug-likeness (QED) is 0.385. The van der Waals surface area contributed by atoms with E-state index in [1.165, 1.54) is 0 Å². The Morgan fingerprint density at radius 1 is 0.833 bits per heavy atom. The van der Waals surface area contributed by atoms with E-state index in [-0.39, 0.29) is 59.1 Å². The third-order valence-electron chi connectivity index (χ3n) is 0.167. The summed E-state index contributed by atoms with van der Waals surface area (Å²) in [5, 5.41) is 0. The van der Waals surface area contributed by atoms with Crippen LogP contribution in [0.1, 0.15) is 0 Å². The van der Waals surface area contributed by atoms with Crippen LogP contribution in [0.2, 0.25) is 0 Å². The van der Waals surface area contributed by atoms with E-state index in [2.05, 4.69) is 0 Å². The number of nitrogens with two attached hydrogens (primary N) is 2. The third kappa shape index (κ3) is 16.8. The van der Waals surface area contributed by atoms with Gasteiger partial charge in [-0.15, -0.1) is 0 Å². The molecule has 0 aromatic heterocycles. The van der Waals surface area contributed by atoms with Crippen molar-refractivity contribution in [3.05, 3.63) is 0 Å². The van der Waals surface area contributed by atoms with Gasteiger partial charge < -0.3 is 11.5 Å². The monoisotopic (exact) mass is 106 g/mol. The van der Waals surface area contributed by atoms with E-state index in [0.29, 0.717) is 13.1 Å². The third-order valence-corrected chi connectivity index (χ3v) is 0.167. The zero-order valence-corrected chi connectivity index (χ0v) is 8.57. The average molecular weight is 106 g/mol. The minimum atomic E-state index is 0. The summed E-state index contributed by atoms with van der Waals surface area (Å²) in [7, 11) is 0. The Morgan fingerprint density at radius 3 is 1.00 bits per heavy atom. The average Bonchev–Trinajstić information content (AvgIpc) is 1.37. The molecule has 0 bridgehead atoms. The zero-order valence-electron chi connectivity index (χ0n) is 4.57. The molecule has 6 heavy (non-hydrogen) atoms. The number of rotatable bonds is 1. The van der Waals surface area contributed by atoms with Crippen LogP contribution in [0.4, 0.5) is 0 Å². The molecule has 0 aromatic carbocycles. The van der Waals surface area contributed by atoms with Gasteiger partial charge in [-0.3, -0.25) is 0 Å². The Morgan fingerprint density at radius 2 is 1.00 bits per heavy atom. The maximum atomic E-state index is 4.90. The van der Waals surface area contributed by atoms with E-state index in [1.807, 2.05) is 0 Å². The molecule has 0 aromatic rings. The topological polar surface area (TPSA) is 52.0 Å². The molecule has 28 valence electrons. The summed E-state index contributed by atoms with van der Waals surface area (Å²) in [5.41, 5.74) is 9.81. The predicted molar refractivity (Wildman–Crippen MR) is 29.6 cm³/mol. The Bertz CT molecular complexity index is 11.5. The van der Waals surface area contributed by atoms with Gasteiger partial charge in [-0.2, -0.15) is 0 Å². The van der Waals surface area contributed by atoms with Gasteiger partial charge in [-0.05, 0) is 0 Å². The first-order valence-electron chi connectivity index (χ1n) is 1.32. The van der Waals surface area contributed by atoms with Crippen molar-refractivity contribution in [2.24, 2.45) is 11.5 Å². The zero-order chi connectivity index (χ0) is 3.41. The molecule has 4 heteroatoms. The summed E-state index contributed by atoms with van der Waals surface area (Å²) >= 11 is 0. The second kappa shape index (κ2) is 15.8. The Balaban J connectivity index is -0.0000000450. The molecule has 0 aliphatic rings. The molecular formula is C2H8N2Na2. The number of hydrogen-bond donors (Lipinski definition) is 2. The minimum Gasteiger partial charge on any atom is -0.329 e. The summed E-state index contributed by atoms with van der Waals surface area (Å²) < 4.78 is 0. The summed E-state index contributed by atoms with van der Waals surface area (Å²) in [6.07, 6.45) is 0. The van der Waals surface area contributed by atoms with Crippen LogP contribution in [0.25, 0.3) is 0 Å². The molecule has 0 unspecified atom stereocenters. The fourth-order valence-electron chi connectivity index (χ4n) is 0. The molecule has 0 aliphatic carbocycles. The molecule has 0 amide bonds. The van der Waals surface area contributed by atoms with Crippen molar-refractivity contribution in [2.75, 3.05) is 13.1 Å². The second-order valence-electron chi connectivity index (χ2n) is 0.577. The fraction of sp³-hybridized carbons (Fsp3) is 1.00. The first-order chi connectivity index (χ1) is 1.91. The molecule has 0 saturated carbocycles. The standard InChI is InChI=1S/C2H8N2.2Na/c3-1-2-4;;/h1-4H2;;. The van der Waals surface area contributed by atoms with E-state index >= 15 is 0 Å². The van der Waals surface area contributed by atoms with Gasteiger partial charge in [-0.1, -0.05) is 0 Å². The first-order valence-corrected chi connectivity index (χ1v) is 1.32. The van der Waals surface area contributed by atoms with Crippen LogP contribution >= 0.6 is 0 Å². The van der Waals surface area contributed by atoms with Crippen LogP contribution in [0, 0.1) is 0 Å². The van der Waals surface area contributed by atoms with Crippen molar-refractivity contribution in [3.63, 3.8) is 0 Å². The van der Waals surface area contributed by atoms with Crippen LogP contribution < -0.4 is 11.5 Å². The molecule has 0 spiro atoms. The van der Waals surface area contributed by atoms with Gasteiger partial charge in [0.25, 0.3) is 0 Å². The molecule has 2 radical (unpaired) electrons. The van der Waals surface area contributed by atoms with Gasteiger partial charge in [-0.25, -0.2) is 0 Å². The van der Waals surface area contributed by atoms with E-state index in [0.717, 1.165) is 0 Å². The Hall–Kier alpha value is 1.92. The van der Waals surface area contributed by atoms with Gasteiger partial charge in [0.05, 0.1) is 0 Å². The van der Waals surface area contributed by atoms with Gasteiger partial charge >= 0.3 is 0 Å². The summed E-state index contributed by atoms with van der Waals surface area (Å²) in [6, 6.07) is 0. The molecule has 0 atom stereocenters. The number of hydrogen-bond acceptors (Lipinski definition) is 2. The van der Waals surface area contributed by atoms with E-state index in [9.17, 15) is 0 Å². The van der Waals surface area contributed by atoms with Crippen molar-refractivity contribution >= 4 is 59.1 Å². The van der Waals surface area contributed by atoms with Gasteiger partial charge in [0.2, 0.25) is 0 Å². The minimum absolute atomic E-state index is 0. The summed E-state index contributed by atoms with van der Waals surface area (Å²) in [6.45, 7) is 1.19. The van der Waals surface area contributed by atoms with Crippen LogP contribution in [-0.2, 0) is 0 Å². The molecule has 0 saturated heterocycles. The Labute approximate surface area is 82.6 Å². The maximum Gasteiger partial charge on any atom is 0.00461 e. The van der Waals surface area contributed by atoms with Crippen LogP contribution in [-0.4, -0.2) is 72.2 Å². The van der Waals surface area contributed by atoms with E-state index < -0.39 is 0 Å². The van der Waals surface area contributed by atoms with Crippen molar-refractivity contribution in [1.82, 2.24) is 0 Å². The molecule has 0 aliphatic heterocycles. The van der Waals surface area contributed by atoms with E-state index in [4.69, 9.17) is 11.5 Å². The normalized spacial score (nSPS) is 5.00. The van der Waals surface area contributed by atoms with Crippen LogP contribution in [0.3, 0.4) is 0 Å². The van der Waals surface area contributed by atoms with E-state index in [1.54, 1.807) is 0 Å². The van der Waals surface area contributed by atoms with Gasteiger partial charge in [0.1, 0.15) is 0 Å². The summed E-state index contributed by atoms with van der Waals surface area (Å²) in [4.78, 5) is 0. The van der Waals surface area contributed by atoms with Crippen molar-refractivity contribution < 1.29 is 0 Å². The van der Waals surface area contributed by atoms with Crippen LogP contribution in [0.15, 0.2) is 0 Å². The van der Waals surface area contributed by atoms with Crippen molar-refractivity contribution in [1.29, 1.82) is 0 Å². The first kappa shape index (κ1) is 15.7. The van der Waals surface area contributed by atoms with Gasteiger partial charge in [0.15, 0.2) is 0 Å². The molecule has 4 N–H and O–H groups in total. The fourth-order valence-corrected chi connectivity index (χ4v) is 0. The molecule has 0 fully saturated rings. The summed E-state index contributed by atoms with van der Waals surface area (Å²) in [5.74, 6) is 0. The SMILES string of the molecule is NCCN.[Na].[Na]. The second-order valence-corrected chi connectivity index (χ2v) is 0.577. The molecule has 0 heterocycles. The van der Waals surface area contributed by atoms with Crippen molar-refractivity contribution in [2.45, 2.75) is 0 Å². The maximum absolute atomic E-state index is 4.90. The molecular weight excluding hydrogens is 98.0 g/mol.